The predicted molar refractivity (Wildman–Crippen MR) is 99.8 cm³/mol. The van der Waals surface area contributed by atoms with Crippen LogP contribution in [-0.2, 0) is 25.5 Å². The highest BCUT2D eigenvalue weighted by Crippen LogP contribution is 2.48. The average molecular weight is 396 g/mol. The Hall–Kier alpha value is -3.07. The highest BCUT2D eigenvalue weighted by molar-refractivity contribution is 6.22. The molecule has 0 unspecified atom stereocenters. The van der Waals surface area contributed by atoms with Crippen LogP contribution < -0.4 is 10.2 Å². The number of nitrogens with one attached hydrogen (secondary N) is 1. The minimum absolute atomic E-state index is 0.0653. The summed E-state index contributed by atoms with van der Waals surface area (Å²) in [6.07, 6.45) is 0.714. The van der Waals surface area contributed by atoms with Crippen LogP contribution in [0.4, 0.5) is 5.69 Å². The van der Waals surface area contributed by atoms with Gasteiger partial charge >= 0.3 is 0 Å². The van der Waals surface area contributed by atoms with Crippen molar-refractivity contribution in [2.24, 2.45) is 5.41 Å². The van der Waals surface area contributed by atoms with Crippen LogP contribution in [0.1, 0.15) is 25.8 Å². The summed E-state index contributed by atoms with van der Waals surface area (Å²) in [6, 6.07) is 5.26. The number of carbonyl (C=O) groups excluding carboxylic acids is 3. The van der Waals surface area contributed by atoms with Gasteiger partial charge in [0, 0.05) is 17.8 Å². The second-order valence-corrected chi connectivity index (χ2v) is 7.97. The third-order valence-electron chi connectivity index (χ3n) is 6.14. The number of ketones is 1. The maximum Gasteiger partial charge on any atom is 0.242 e. The molecule has 2 saturated heterocycles. The molecule has 2 amide bonds. The van der Waals surface area contributed by atoms with Gasteiger partial charge in [0.15, 0.2) is 5.78 Å². The van der Waals surface area contributed by atoms with Crippen LogP contribution >= 0.6 is 0 Å². The highest BCUT2D eigenvalue weighted by Gasteiger charge is 2.62. The van der Waals surface area contributed by atoms with E-state index in [4.69, 9.17) is 9.26 Å². The molecule has 29 heavy (non-hydrogen) atoms. The number of amides is 2. The topological polar surface area (TPSA) is 115 Å². The largest absolute Gasteiger partial charge is 0.372 e. The van der Waals surface area contributed by atoms with Gasteiger partial charge in [-0.05, 0) is 44.0 Å². The molecule has 2 aromatic rings. The number of carbonyl (C=O) groups is 3. The molecule has 150 valence electrons. The molecular formula is C20H20N4O5. The first kappa shape index (κ1) is 18.0. The average Bonchev–Trinajstić information content (AvgIpc) is 3.20. The Labute approximate surface area is 166 Å². The molecule has 3 aliphatic rings. The number of Topliss-reactive ketones (excluding diaryl/α,β-unsaturated/α-hetero) is 1. The minimum atomic E-state index is -1.38. The van der Waals surface area contributed by atoms with Gasteiger partial charge in [-0.2, -0.15) is 4.98 Å². The van der Waals surface area contributed by atoms with Crippen LogP contribution in [0.3, 0.4) is 0 Å². The summed E-state index contributed by atoms with van der Waals surface area (Å²) in [5, 5.41) is 6.26. The van der Waals surface area contributed by atoms with E-state index in [2.05, 4.69) is 20.4 Å². The van der Waals surface area contributed by atoms with E-state index in [1.54, 1.807) is 0 Å². The normalized spacial score (nSPS) is 31.4. The summed E-state index contributed by atoms with van der Waals surface area (Å²) in [6.45, 7) is 4.39. The Bertz CT molecular complexity index is 998. The van der Waals surface area contributed by atoms with Crippen LogP contribution in [0, 0.1) is 5.41 Å². The number of fused-ring (bicyclic) bond motifs is 4. The van der Waals surface area contributed by atoms with Gasteiger partial charge in [0.2, 0.25) is 24.0 Å². The fourth-order valence-corrected chi connectivity index (χ4v) is 5.08. The summed E-state index contributed by atoms with van der Waals surface area (Å²) >= 11 is 0. The van der Waals surface area contributed by atoms with E-state index >= 15 is 0 Å². The van der Waals surface area contributed by atoms with E-state index in [1.807, 2.05) is 32.0 Å². The van der Waals surface area contributed by atoms with Crippen LogP contribution in [0.15, 0.2) is 29.1 Å². The van der Waals surface area contributed by atoms with Gasteiger partial charge in [-0.1, -0.05) is 5.16 Å². The Morgan fingerprint density at radius 3 is 2.79 bits per heavy atom. The Kier molecular flexibility index (Phi) is 3.86. The standard InChI is InChI=1S/C20H20N4O5/c1-10-8-24-14-4-3-12(18-21-9-28-23-18)5-13(14)7-20(17(24)11(2)29-10)15(25)6-16(26)22-19(20)27/h3-5,9-11,17H,6-8H2,1-2H3,(H,22,26,27)/t10-,11+,17-,20-/m1/s1. The zero-order valence-electron chi connectivity index (χ0n) is 16.0. The zero-order chi connectivity index (χ0) is 20.3. The van der Waals surface area contributed by atoms with Gasteiger partial charge in [0.05, 0.1) is 24.7 Å². The number of benzene rings is 1. The SMILES string of the molecule is C[C@@H]1CN2c3ccc(-c4ncon4)cc3C[C@@]3(C(=O)CC(=O)NC3=O)[C@H]2[C@H](C)O1. The van der Waals surface area contributed by atoms with Crippen LogP contribution in [0.25, 0.3) is 11.4 Å². The van der Waals surface area contributed by atoms with Crippen LogP contribution in [0.5, 0.6) is 0 Å². The second kappa shape index (κ2) is 6.21. The fourth-order valence-electron chi connectivity index (χ4n) is 5.08. The van der Waals surface area contributed by atoms with Crippen molar-refractivity contribution in [3.63, 3.8) is 0 Å². The summed E-state index contributed by atoms with van der Waals surface area (Å²) in [7, 11) is 0. The van der Waals surface area contributed by atoms with E-state index in [1.165, 1.54) is 6.39 Å². The maximum absolute atomic E-state index is 13.2. The zero-order valence-corrected chi connectivity index (χ0v) is 16.0. The lowest BCUT2D eigenvalue weighted by Gasteiger charge is -2.55. The molecule has 9 nitrogen and oxygen atoms in total. The summed E-state index contributed by atoms with van der Waals surface area (Å²) in [5.74, 6) is -1.03. The van der Waals surface area contributed by atoms with Gasteiger partial charge in [-0.3, -0.25) is 19.7 Å². The Balaban J connectivity index is 1.69. The van der Waals surface area contributed by atoms with Gasteiger partial charge in [0.25, 0.3) is 0 Å². The molecule has 1 aromatic heterocycles. The first-order chi connectivity index (χ1) is 13.9. The van der Waals surface area contributed by atoms with Gasteiger partial charge in [-0.15, -0.1) is 0 Å². The molecule has 1 aromatic carbocycles. The molecular weight excluding hydrogens is 376 g/mol. The molecule has 4 atom stereocenters. The number of piperidine rings is 1. The summed E-state index contributed by atoms with van der Waals surface area (Å²) in [4.78, 5) is 44.3. The van der Waals surface area contributed by atoms with Gasteiger partial charge in [-0.25, -0.2) is 0 Å². The molecule has 3 aliphatic heterocycles. The van der Waals surface area contributed by atoms with Crippen LogP contribution in [0.2, 0.25) is 0 Å². The third-order valence-corrected chi connectivity index (χ3v) is 6.14. The lowest BCUT2D eigenvalue weighted by atomic mass is 9.63. The maximum atomic E-state index is 13.2. The Morgan fingerprint density at radius 2 is 2.07 bits per heavy atom. The van der Waals surface area contributed by atoms with Crippen molar-refractivity contribution in [1.29, 1.82) is 0 Å². The summed E-state index contributed by atoms with van der Waals surface area (Å²) < 4.78 is 10.9. The molecule has 1 N–H and O–H groups in total. The molecule has 4 heterocycles. The van der Waals surface area contributed by atoms with E-state index in [9.17, 15) is 14.4 Å². The van der Waals surface area contributed by atoms with Crippen molar-refractivity contribution in [3.05, 3.63) is 30.2 Å². The molecule has 0 radical (unpaired) electrons. The number of nitrogens with zero attached hydrogens (tertiary/aromatic N) is 3. The molecule has 9 heteroatoms. The molecule has 2 fully saturated rings. The molecule has 0 saturated carbocycles. The van der Waals surface area contributed by atoms with Gasteiger partial charge < -0.3 is 14.2 Å². The number of anilines is 1. The number of hydrogen-bond acceptors (Lipinski definition) is 8. The number of ether oxygens (including phenoxy) is 1. The third kappa shape index (κ3) is 2.53. The van der Waals surface area contributed by atoms with E-state index < -0.39 is 23.3 Å². The van der Waals surface area contributed by atoms with E-state index in [0.717, 1.165) is 16.8 Å². The number of morpholine rings is 1. The first-order valence-corrected chi connectivity index (χ1v) is 9.59. The smallest absolute Gasteiger partial charge is 0.242 e. The molecule has 0 bridgehead atoms. The van der Waals surface area contributed by atoms with Crippen molar-refractivity contribution in [2.45, 2.75) is 44.9 Å². The van der Waals surface area contributed by atoms with Crippen molar-refractivity contribution in [1.82, 2.24) is 15.5 Å². The fraction of sp³-hybridized carbons (Fsp3) is 0.450. The van der Waals surface area contributed by atoms with E-state index in [0.29, 0.717) is 12.4 Å². The Morgan fingerprint density at radius 1 is 1.24 bits per heavy atom. The highest BCUT2D eigenvalue weighted by atomic mass is 16.5. The predicted octanol–water partition coefficient (Wildman–Crippen LogP) is 0.877. The van der Waals surface area contributed by atoms with Crippen molar-refractivity contribution in [3.8, 4) is 11.4 Å². The quantitative estimate of drug-likeness (QED) is 0.558. The van der Waals surface area contributed by atoms with Crippen LogP contribution in [-0.4, -0.2) is 52.5 Å². The van der Waals surface area contributed by atoms with E-state index in [-0.39, 0.29) is 30.8 Å². The van der Waals surface area contributed by atoms with Crippen molar-refractivity contribution >= 4 is 23.3 Å². The number of imide groups is 1. The van der Waals surface area contributed by atoms with Crippen molar-refractivity contribution in [2.75, 3.05) is 11.4 Å². The number of aromatic nitrogens is 2. The monoisotopic (exact) mass is 396 g/mol. The minimum Gasteiger partial charge on any atom is -0.372 e. The molecule has 0 aliphatic carbocycles. The lowest BCUT2D eigenvalue weighted by molar-refractivity contribution is -0.158. The van der Waals surface area contributed by atoms with Gasteiger partial charge in [0.1, 0.15) is 5.41 Å². The van der Waals surface area contributed by atoms with Crippen molar-refractivity contribution < 1.29 is 23.6 Å². The lowest BCUT2D eigenvalue weighted by Crippen LogP contribution is -2.72. The summed E-state index contributed by atoms with van der Waals surface area (Å²) in [5.41, 5.74) is 1.14. The number of hydrogen-bond donors (Lipinski definition) is 1. The molecule has 1 spiro atoms. The number of rotatable bonds is 1. The second-order valence-electron chi connectivity index (χ2n) is 7.97. The molecule has 5 rings (SSSR count). The first-order valence-electron chi connectivity index (χ1n) is 9.59.